The number of anilines is 2. The fourth-order valence-corrected chi connectivity index (χ4v) is 4.38. The maximum atomic E-state index is 10.0. The molecule has 156 valence electrons. The summed E-state index contributed by atoms with van der Waals surface area (Å²) in [5, 5.41) is 10.8. The first kappa shape index (κ1) is 19.8. The summed E-state index contributed by atoms with van der Waals surface area (Å²) in [7, 11) is 0. The number of hydrogen-bond donors (Lipinski definition) is 2. The number of pyridine rings is 2. The topological polar surface area (TPSA) is 101 Å². The molecule has 3 N–H and O–H groups in total. The van der Waals surface area contributed by atoms with Gasteiger partial charge in [-0.1, -0.05) is 35.0 Å². The van der Waals surface area contributed by atoms with Crippen molar-refractivity contribution in [2.45, 2.75) is 13.0 Å². The van der Waals surface area contributed by atoms with Crippen molar-refractivity contribution in [1.29, 1.82) is 0 Å². The standard InChI is InChI=1S/C23H21BrN6O/c1-13-10-30(11-19(13)31)20-6-5-15(9-26-20)18-8-17(14-3-2-4-16(24)7-14)21-22(25)27-12-28-23(21)29-18/h2-9,12-13,19,31H,10-11H2,1H3,(H2,25,27,28,29). The first-order valence-corrected chi connectivity index (χ1v) is 10.9. The van der Waals surface area contributed by atoms with Crippen LogP contribution in [0.3, 0.4) is 0 Å². The molecule has 4 heterocycles. The van der Waals surface area contributed by atoms with Gasteiger partial charge in [0.2, 0.25) is 0 Å². The van der Waals surface area contributed by atoms with Crippen LogP contribution in [0.25, 0.3) is 33.4 Å². The minimum Gasteiger partial charge on any atom is -0.391 e. The van der Waals surface area contributed by atoms with Crippen LogP contribution >= 0.6 is 15.9 Å². The van der Waals surface area contributed by atoms with Gasteiger partial charge >= 0.3 is 0 Å². The second-order valence-corrected chi connectivity index (χ2v) is 8.79. The van der Waals surface area contributed by atoms with E-state index < -0.39 is 0 Å². The van der Waals surface area contributed by atoms with E-state index in [2.05, 4.69) is 42.7 Å². The minimum absolute atomic E-state index is 0.238. The number of halogens is 1. The Morgan fingerprint density at radius 1 is 1.06 bits per heavy atom. The predicted molar refractivity (Wildman–Crippen MR) is 125 cm³/mol. The Morgan fingerprint density at radius 2 is 1.94 bits per heavy atom. The zero-order chi connectivity index (χ0) is 21.5. The van der Waals surface area contributed by atoms with Crippen molar-refractivity contribution < 1.29 is 5.11 Å². The van der Waals surface area contributed by atoms with E-state index in [1.54, 1.807) is 0 Å². The normalized spacial score (nSPS) is 18.6. The lowest BCUT2D eigenvalue weighted by Gasteiger charge is -2.17. The van der Waals surface area contributed by atoms with Crippen molar-refractivity contribution in [2.75, 3.05) is 23.7 Å². The average molecular weight is 477 g/mol. The second kappa shape index (κ2) is 7.86. The van der Waals surface area contributed by atoms with Crippen LogP contribution in [-0.2, 0) is 0 Å². The van der Waals surface area contributed by atoms with Crippen LogP contribution in [0.2, 0.25) is 0 Å². The monoisotopic (exact) mass is 476 g/mol. The van der Waals surface area contributed by atoms with Crippen LogP contribution in [0, 0.1) is 5.92 Å². The Morgan fingerprint density at radius 3 is 2.65 bits per heavy atom. The third-order valence-electron chi connectivity index (χ3n) is 5.71. The van der Waals surface area contributed by atoms with E-state index in [1.165, 1.54) is 6.33 Å². The quantitative estimate of drug-likeness (QED) is 0.461. The van der Waals surface area contributed by atoms with Crippen molar-refractivity contribution in [1.82, 2.24) is 19.9 Å². The number of rotatable bonds is 3. The van der Waals surface area contributed by atoms with Crippen molar-refractivity contribution in [3.63, 3.8) is 0 Å². The molecule has 1 aromatic carbocycles. The largest absolute Gasteiger partial charge is 0.391 e. The number of aliphatic hydroxyl groups is 1. The summed E-state index contributed by atoms with van der Waals surface area (Å²) in [5.74, 6) is 1.49. The van der Waals surface area contributed by atoms with Gasteiger partial charge in [-0.05, 0) is 41.5 Å². The van der Waals surface area contributed by atoms with Gasteiger partial charge in [-0.3, -0.25) is 0 Å². The molecule has 0 saturated carbocycles. The molecular weight excluding hydrogens is 456 g/mol. The summed E-state index contributed by atoms with van der Waals surface area (Å²) in [6.07, 6.45) is 2.93. The van der Waals surface area contributed by atoms with E-state index in [0.29, 0.717) is 18.0 Å². The minimum atomic E-state index is -0.318. The molecule has 0 spiro atoms. The van der Waals surface area contributed by atoms with Crippen molar-refractivity contribution in [2.24, 2.45) is 5.92 Å². The lowest BCUT2D eigenvalue weighted by Crippen LogP contribution is -2.21. The molecule has 2 atom stereocenters. The van der Waals surface area contributed by atoms with Crippen molar-refractivity contribution in [3.05, 3.63) is 59.5 Å². The Labute approximate surface area is 188 Å². The maximum absolute atomic E-state index is 10.0. The fraction of sp³-hybridized carbons (Fsp3) is 0.217. The van der Waals surface area contributed by atoms with Crippen LogP contribution < -0.4 is 10.6 Å². The number of aromatic nitrogens is 4. The van der Waals surface area contributed by atoms with Gasteiger partial charge in [0.25, 0.3) is 0 Å². The van der Waals surface area contributed by atoms with Crippen LogP contribution in [0.4, 0.5) is 11.6 Å². The third-order valence-corrected chi connectivity index (χ3v) is 6.20. The molecule has 0 radical (unpaired) electrons. The molecule has 31 heavy (non-hydrogen) atoms. The van der Waals surface area contributed by atoms with Gasteiger partial charge in [-0.15, -0.1) is 0 Å². The Balaban J connectivity index is 1.59. The van der Waals surface area contributed by atoms with E-state index in [4.69, 9.17) is 10.7 Å². The molecule has 2 unspecified atom stereocenters. The van der Waals surface area contributed by atoms with E-state index in [9.17, 15) is 5.11 Å². The highest BCUT2D eigenvalue weighted by molar-refractivity contribution is 9.10. The molecule has 5 rings (SSSR count). The fourth-order valence-electron chi connectivity index (χ4n) is 3.98. The molecule has 0 bridgehead atoms. The molecule has 1 aliphatic rings. The van der Waals surface area contributed by atoms with Crippen LogP contribution in [0.5, 0.6) is 0 Å². The molecule has 0 aliphatic carbocycles. The lowest BCUT2D eigenvalue weighted by molar-refractivity contribution is 0.157. The molecule has 7 nitrogen and oxygen atoms in total. The van der Waals surface area contributed by atoms with Crippen LogP contribution in [0.1, 0.15) is 6.92 Å². The molecule has 1 fully saturated rings. The van der Waals surface area contributed by atoms with Crippen molar-refractivity contribution in [3.8, 4) is 22.4 Å². The van der Waals surface area contributed by atoms with Gasteiger partial charge in [0.1, 0.15) is 18.0 Å². The number of aliphatic hydroxyl groups excluding tert-OH is 1. The maximum Gasteiger partial charge on any atom is 0.165 e. The highest BCUT2D eigenvalue weighted by Gasteiger charge is 2.28. The van der Waals surface area contributed by atoms with E-state index in [1.807, 2.05) is 48.7 Å². The van der Waals surface area contributed by atoms with Gasteiger partial charge in [-0.2, -0.15) is 0 Å². The first-order chi connectivity index (χ1) is 15.0. The number of benzene rings is 1. The van der Waals surface area contributed by atoms with Crippen molar-refractivity contribution >= 4 is 38.6 Å². The highest BCUT2D eigenvalue weighted by Crippen LogP contribution is 2.35. The SMILES string of the molecule is CC1CN(c2ccc(-c3cc(-c4cccc(Br)c4)c4c(N)ncnc4n3)cn2)CC1O. The Hall–Kier alpha value is -3.10. The first-order valence-electron chi connectivity index (χ1n) is 10.1. The molecule has 1 aliphatic heterocycles. The molecule has 4 aromatic rings. The average Bonchev–Trinajstić information content (AvgIpc) is 3.11. The summed E-state index contributed by atoms with van der Waals surface area (Å²) in [6.45, 7) is 3.45. The zero-order valence-corrected chi connectivity index (χ0v) is 18.5. The van der Waals surface area contributed by atoms with Gasteiger partial charge in [-0.25, -0.2) is 19.9 Å². The molecule has 0 amide bonds. The van der Waals surface area contributed by atoms with E-state index in [0.717, 1.165) is 44.6 Å². The smallest absolute Gasteiger partial charge is 0.165 e. The molecule has 1 saturated heterocycles. The lowest BCUT2D eigenvalue weighted by atomic mass is 10.0. The molecule has 8 heteroatoms. The second-order valence-electron chi connectivity index (χ2n) is 7.88. The van der Waals surface area contributed by atoms with E-state index in [-0.39, 0.29) is 12.0 Å². The van der Waals surface area contributed by atoms with Gasteiger partial charge in [0, 0.05) is 35.2 Å². The van der Waals surface area contributed by atoms with Crippen LogP contribution in [-0.4, -0.2) is 44.2 Å². The predicted octanol–water partition coefficient (Wildman–Crippen LogP) is 3.92. The number of hydrogen-bond acceptors (Lipinski definition) is 7. The molecule has 3 aromatic heterocycles. The van der Waals surface area contributed by atoms with Gasteiger partial charge in [0.05, 0.1) is 17.2 Å². The number of fused-ring (bicyclic) bond motifs is 1. The highest BCUT2D eigenvalue weighted by atomic mass is 79.9. The number of β-amino-alcohol motifs (C(OH)–C–C–N with tert-alkyl or cyclic N) is 1. The summed E-state index contributed by atoms with van der Waals surface area (Å²) in [4.78, 5) is 20.0. The summed E-state index contributed by atoms with van der Waals surface area (Å²) < 4.78 is 0.972. The number of nitrogens with zero attached hydrogens (tertiary/aromatic N) is 5. The summed E-state index contributed by atoms with van der Waals surface area (Å²) >= 11 is 3.54. The number of nitrogen functional groups attached to an aromatic ring is 1. The Bertz CT molecular complexity index is 1250. The summed E-state index contributed by atoms with van der Waals surface area (Å²) in [5.41, 5.74) is 10.3. The third kappa shape index (κ3) is 3.73. The number of nitrogens with two attached hydrogens (primary N) is 1. The zero-order valence-electron chi connectivity index (χ0n) is 16.9. The summed E-state index contributed by atoms with van der Waals surface area (Å²) in [6, 6.07) is 14.0. The van der Waals surface area contributed by atoms with Gasteiger partial charge < -0.3 is 15.7 Å². The van der Waals surface area contributed by atoms with E-state index >= 15 is 0 Å². The Kier molecular flexibility index (Phi) is 5.03. The van der Waals surface area contributed by atoms with Gasteiger partial charge in [0.15, 0.2) is 5.65 Å². The van der Waals surface area contributed by atoms with Crippen LogP contribution in [0.15, 0.2) is 59.5 Å². The molecular formula is C23H21BrN6O.